The van der Waals surface area contributed by atoms with E-state index in [2.05, 4.69) is 36.6 Å². The summed E-state index contributed by atoms with van der Waals surface area (Å²) in [6, 6.07) is 5.85. The Morgan fingerprint density at radius 2 is 2.07 bits per heavy atom. The number of aliphatic imine (C=N–C) groups is 1. The van der Waals surface area contributed by atoms with Gasteiger partial charge in [0, 0.05) is 32.6 Å². The number of nitrogens with zero attached hydrogens (tertiary/aromatic N) is 4. The average molecular weight is 419 g/mol. The fourth-order valence-electron chi connectivity index (χ4n) is 3.75. The molecule has 0 spiro atoms. The van der Waals surface area contributed by atoms with Crippen molar-refractivity contribution in [3.63, 3.8) is 0 Å². The minimum Gasteiger partial charge on any atom is -0.356 e. The average Bonchev–Trinajstić information content (AvgIpc) is 3.39. The fourth-order valence-corrected chi connectivity index (χ4v) is 4.33. The number of nitrogens with one attached hydrogen (secondary N) is 2. The van der Waals surface area contributed by atoms with Crippen molar-refractivity contribution in [2.75, 3.05) is 19.8 Å². The van der Waals surface area contributed by atoms with Gasteiger partial charge < -0.3 is 15.2 Å². The zero-order valence-corrected chi connectivity index (χ0v) is 18.4. The topological polar surface area (TPSA) is 67.1 Å². The van der Waals surface area contributed by atoms with Crippen LogP contribution in [-0.4, -0.2) is 40.6 Å². The first-order valence-electron chi connectivity index (χ1n) is 10.3. The van der Waals surface area contributed by atoms with E-state index in [0.29, 0.717) is 24.1 Å². The summed E-state index contributed by atoms with van der Waals surface area (Å²) in [5, 5.41) is 16.4. The first-order chi connectivity index (χ1) is 14.1. The highest BCUT2D eigenvalue weighted by Crippen LogP contribution is 2.33. The Balaban J connectivity index is 1.46. The molecule has 0 radical (unpaired) electrons. The number of hydrogen-bond acceptors (Lipinski definition) is 4. The minimum atomic E-state index is -0.178. The molecule has 1 fully saturated rings. The third kappa shape index (κ3) is 5.72. The minimum absolute atomic E-state index is 0.178. The van der Waals surface area contributed by atoms with Crippen LogP contribution in [0.1, 0.15) is 55.1 Å². The van der Waals surface area contributed by atoms with Gasteiger partial charge in [0.2, 0.25) is 0 Å². The van der Waals surface area contributed by atoms with Crippen LogP contribution in [0.15, 0.2) is 28.3 Å². The van der Waals surface area contributed by atoms with Crippen LogP contribution in [0, 0.1) is 12.7 Å². The van der Waals surface area contributed by atoms with Gasteiger partial charge >= 0.3 is 0 Å². The second kappa shape index (κ2) is 10.6. The Hall–Kier alpha value is -2.09. The molecule has 2 aromatic rings. The molecule has 0 atom stereocenters. The summed E-state index contributed by atoms with van der Waals surface area (Å²) in [7, 11) is 1.74. The third-order valence-corrected chi connectivity index (χ3v) is 6.04. The van der Waals surface area contributed by atoms with E-state index in [1.165, 1.54) is 25.7 Å². The first-order valence-corrected chi connectivity index (χ1v) is 11.5. The molecule has 1 aromatic carbocycles. The number of aromatic nitrogens is 3. The van der Waals surface area contributed by atoms with Crippen molar-refractivity contribution < 1.29 is 4.39 Å². The smallest absolute Gasteiger partial charge is 0.191 e. The Morgan fingerprint density at radius 1 is 1.28 bits per heavy atom. The number of benzene rings is 1. The fraction of sp³-hybridized carbons (Fsp3) is 0.571. The largest absolute Gasteiger partial charge is 0.356 e. The lowest BCUT2D eigenvalue weighted by Gasteiger charge is -2.16. The molecule has 8 heteroatoms. The van der Waals surface area contributed by atoms with Crippen molar-refractivity contribution >= 4 is 17.7 Å². The van der Waals surface area contributed by atoms with Crippen molar-refractivity contribution in [1.29, 1.82) is 0 Å². The van der Waals surface area contributed by atoms with Gasteiger partial charge in [-0.3, -0.25) is 4.99 Å². The van der Waals surface area contributed by atoms with E-state index in [4.69, 9.17) is 0 Å². The summed E-state index contributed by atoms with van der Waals surface area (Å²) < 4.78 is 16.0. The molecule has 1 aromatic heterocycles. The molecule has 29 heavy (non-hydrogen) atoms. The van der Waals surface area contributed by atoms with Gasteiger partial charge in [0.1, 0.15) is 11.6 Å². The molecule has 0 amide bonds. The predicted octanol–water partition coefficient (Wildman–Crippen LogP) is 3.86. The molecule has 1 heterocycles. The molecule has 0 saturated heterocycles. The quantitative estimate of drug-likeness (QED) is 0.295. The standard InChI is InChI=1S/C21H31FN6S/c1-15-10-11-16(13-18(15)22)14-25-20(23-2)24-12-6-9-19-26-27-21(29-3)28(19)17-7-4-5-8-17/h10-11,13,17H,4-9,12,14H2,1-3H3,(H2,23,24,25). The molecule has 1 aliphatic rings. The monoisotopic (exact) mass is 418 g/mol. The second-order valence-corrected chi connectivity index (χ2v) is 8.22. The molecular formula is C21H31FN6S. The molecule has 1 aliphatic carbocycles. The molecule has 1 saturated carbocycles. The number of guanidine groups is 1. The summed E-state index contributed by atoms with van der Waals surface area (Å²) in [6.07, 6.45) is 8.95. The lowest BCUT2D eigenvalue weighted by atomic mass is 10.1. The summed E-state index contributed by atoms with van der Waals surface area (Å²) in [5.41, 5.74) is 1.55. The molecule has 0 unspecified atom stereocenters. The number of rotatable bonds is 8. The van der Waals surface area contributed by atoms with Gasteiger partial charge in [-0.25, -0.2) is 4.39 Å². The van der Waals surface area contributed by atoms with Gasteiger partial charge in [-0.05, 0) is 49.6 Å². The highest BCUT2D eigenvalue weighted by atomic mass is 32.2. The highest BCUT2D eigenvalue weighted by Gasteiger charge is 2.23. The van der Waals surface area contributed by atoms with Crippen LogP contribution in [0.5, 0.6) is 0 Å². The van der Waals surface area contributed by atoms with Gasteiger partial charge in [-0.1, -0.05) is 36.7 Å². The Labute approximate surface area is 176 Å². The number of hydrogen-bond donors (Lipinski definition) is 2. The zero-order chi connectivity index (χ0) is 20.6. The normalized spacial score (nSPS) is 15.1. The first kappa shape index (κ1) is 21.6. The van der Waals surface area contributed by atoms with Crippen molar-refractivity contribution in [2.45, 2.75) is 63.2 Å². The maximum absolute atomic E-state index is 13.7. The zero-order valence-electron chi connectivity index (χ0n) is 17.5. The summed E-state index contributed by atoms with van der Waals surface area (Å²) in [5.74, 6) is 1.62. The van der Waals surface area contributed by atoms with Gasteiger partial charge in [0.15, 0.2) is 11.1 Å². The Morgan fingerprint density at radius 3 is 2.76 bits per heavy atom. The number of aryl methyl sites for hydroxylation is 2. The summed E-state index contributed by atoms with van der Waals surface area (Å²) >= 11 is 1.68. The van der Waals surface area contributed by atoms with E-state index in [-0.39, 0.29) is 5.82 Å². The molecule has 0 aliphatic heterocycles. The lowest BCUT2D eigenvalue weighted by Crippen LogP contribution is -2.37. The van der Waals surface area contributed by atoms with Gasteiger partial charge in [-0.15, -0.1) is 10.2 Å². The maximum atomic E-state index is 13.7. The van der Waals surface area contributed by atoms with Crippen LogP contribution in [-0.2, 0) is 13.0 Å². The van der Waals surface area contributed by atoms with Crippen molar-refractivity contribution in [3.05, 3.63) is 41.0 Å². The number of halogens is 1. The van der Waals surface area contributed by atoms with Crippen molar-refractivity contribution in [1.82, 2.24) is 25.4 Å². The van der Waals surface area contributed by atoms with E-state index in [1.54, 1.807) is 37.9 Å². The van der Waals surface area contributed by atoms with Crippen LogP contribution >= 0.6 is 11.8 Å². The van der Waals surface area contributed by atoms with E-state index in [9.17, 15) is 4.39 Å². The van der Waals surface area contributed by atoms with E-state index in [0.717, 1.165) is 35.9 Å². The van der Waals surface area contributed by atoms with E-state index < -0.39 is 0 Å². The van der Waals surface area contributed by atoms with Gasteiger partial charge in [-0.2, -0.15) is 0 Å². The highest BCUT2D eigenvalue weighted by molar-refractivity contribution is 7.98. The van der Waals surface area contributed by atoms with Crippen LogP contribution in [0.4, 0.5) is 4.39 Å². The van der Waals surface area contributed by atoms with Crippen LogP contribution in [0.25, 0.3) is 0 Å². The number of thioether (sulfide) groups is 1. The van der Waals surface area contributed by atoms with Crippen LogP contribution < -0.4 is 10.6 Å². The van der Waals surface area contributed by atoms with Gasteiger partial charge in [0.25, 0.3) is 0 Å². The van der Waals surface area contributed by atoms with Crippen molar-refractivity contribution in [2.24, 2.45) is 4.99 Å². The SMILES string of the molecule is CN=C(NCCCc1nnc(SC)n1C1CCCC1)NCc1ccc(C)c(F)c1. The molecule has 6 nitrogen and oxygen atoms in total. The summed E-state index contributed by atoms with van der Waals surface area (Å²) in [4.78, 5) is 4.25. The third-order valence-electron chi connectivity index (χ3n) is 5.40. The Bertz CT molecular complexity index is 829. The lowest BCUT2D eigenvalue weighted by molar-refractivity contribution is 0.460. The van der Waals surface area contributed by atoms with Crippen LogP contribution in [0.2, 0.25) is 0 Å². The van der Waals surface area contributed by atoms with Gasteiger partial charge in [0.05, 0.1) is 0 Å². The second-order valence-electron chi connectivity index (χ2n) is 7.45. The maximum Gasteiger partial charge on any atom is 0.191 e. The Kier molecular flexibility index (Phi) is 7.91. The van der Waals surface area contributed by atoms with Crippen LogP contribution in [0.3, 0.4) is 0 Å². The predicted molar refractivity (Wildman–Crippen MR) is 117 cm³/mol. The van der Waals surface area contributed by atoms with E-state index >= 15 is 0 Å². The molecule has 3 rings (SSSR count). The molecule has 158 valence electrons. The summed E-state index contributed by atoms with van der Waals surface area (Å²) in [6.45, 7) is 3.08. The molecule has 0 bridgehead atoms. The molecular weight excluding hydrogens is 387 g/mol. The van der Waals surface area contributed by atoms with E-state index in [1.807, 2.05) is 6.07 Å². The molecule has 2 N–H and O–H groups in total. The van der Waals surface area contributed by atoms with Crippen molar-refractivity contribution in [3.8, 4) is 0 Å².